The Bertz CT molecular complexity index is 731. The van der Waals surface area contributed by atoms with Gasteiger partial charge in [0.05, 0.1) is 0 Å². The number of benzene rings is 2. The van der Waals surface area contributed by atoms with Gasteiger partial charge in [0.1, 0.15) is 17.7 Å². The standard InChI is InChI=1S/C14H18N2O2.C6H4F2/c17-14(18-13-5-7-15-9-13)16-8-6-11-3-1-2-4-12(11)10-16;7-5-2-1-3-6(8)4-5/h1-4,13,15H,5-10H2;1-4H. The lowest BCUT2D eigenvalue weighted by molar-refractivity contribution is 0.0667. The molecule has 2 aromatic carbocycles. The quantitative estimate of drug-likeness (QED) is 0.846. The molecule has 0 aliphatic carbocycles. The van der Waals surface area contributed by atoms with Crippen molar-refractivity contribution >= 4 is 6.09 Å². The molecule has 1 N–H and O–H groups in total. The van der Waals surface area contributed by atoms with Gasteiger partial charge in [-0.3, -0.25) is 0 Å². The van der Waals surface area contributed by atoms with Crippen LogP contribution in [0.4, 0.5) is 13.6 Å². The van der Waals surface area contributed by atoms with E-state index in [1.165, 1.54) is 29.3 Å². The first kappa shape index (κ1) is 18.3. The van der Waals surface area contributed by atoms with Crippen LogP contribution in [0.25, 0.3) is 0 Å². The summed E-state index contributed by atoms with van der Waals surface area (Å²) in [6.45, 7) is 3.17. The average Bonchev–Trinajstić information content (AvgIpc) is 3.14. The van der Waals surface area contributed by atoms with Crippen LogP contribution in [0.15, 0.2) is 48.5 Å². The minimum atomic E-state index is -0.537. The number of nitrogens with one attached hydrogen (secondary N) is 1. The van der Waals surface area contributed by atoms with Crippen LogP contribution in [-0.2, 0) is 17.7 Å². The van der Waals surface area contributed by atoms with Gasteiger partial charge in [0, 0.05) is 25.7 Å². The number of carbonyl (C=O) groups excluding carboxylic acids is 1. The molecule has 4 rings (SSSR count). The third-order valence-electron chi connectivity index (χ3n) is 4.46. The Hall–Kier alpha value is -2.47. The maximum Gasteiger partial charge on any atom is 0.410 e. The van der Waals surface area contributed by atoms with Crippen LogP contribution < -0.4 is 5.32 Å². The Morgan fingerprint density at radius 2 is 1.81 bits per heavy atom. The van der Waals surface area contributed by atoms with Gasteiger partial charge in [-0.05, 0) is 42.6 Å². The zero-order valence-corrected chi connectivity index (χ0v) is 14.5. The summed E-state index contributed by atoms with van der Waals surface area (Å²) in [6.07, 6.45) is 1.73. The Labute approximate surface area is 151 Å². The summed E-state index contributed by atoms with van der Waals surface area (Å²) < 4.78 is 29.3. The van der Waals surface area contributed by atoms with Crippen LogP contribution in [0.3, 0.4) is 0 Å². The van der Waals surface area contributed by atoms with Crippen molar-refractivity contribution < 1.29 is 18.3 Å². The van der Waals surface area contributed by atoms with Gasteiger partial charge in [-0.25, -0.2) is 13.6 Å². The fourth-order valence-electron chi connectivity index (χ4n) is 3.06. The maximum atomic E-state index is 12.0. The van der Waals surface area contributed by atoms with Crippen molar-refractivity contribution in [3.8, 4) is 0 Å². The molecule has 0 spiro atoms. The largest absolute Gasteiger partial charge is 0.445 e. The second-order valence-corrected chi connectivity index (χ2v) is 6.38. The highest BCUT2D eigenvalue weighted by atomic mass is 19.1. The van der Waals surface area contributed by atoms with Gasteiger partial charge in [-0.15, -0.1) is 0 Å². The molecular weight excluding hydrogens is 338 g/mol. The van der Waals surface area contributed by atoms with Crippen molar-refractivity contribution in [3.05, 3.63) is 71.3 Å². The van der Waals surface area contributed by atoms with Gasteiger partial charge in [-0.2, -0.15) is 0 Å². The van der Waals surface area contributed by atoms with Crippen molar-refractivity contribution in [1.29, 1.82) is 0 Å². The Balaban J connectivity index is 0.000000206. The molecular formula is C20H22F2N2O2. The zero-order chi connectivity index (χ0) is 18.4. The highest BCUT2D eigenvalue weighted by Gasteiger charge is 2.25. The lowest BCUT2D eigenvalue weighted by atomic mass is 10.0. The molecule has 0 saturated carbocycles. The molecule has 0 radical (unpaired) electrons. The number of nitrogens with zero attached hydrogens (tertiary/aromatic N) is 1. The van der Waals surface area contributed by atoms with Crippen molar-refractivity contribution in [3.63, 3.8) is 0 Å². The molecule has 1 amide bonds. The summed E-state index contributed by atoms with van der Waals surface area (Å²) >= 11 is 0. The number of halogens is 2. The Morgan fingerprint density at radius 3 is 2.42 bits per heavy atom. The molecule has 26 heavy (non-hydrogen) atoms. The van der Waals surface area contributed by atoms with Crippen LogP contribution in [0.1, 0.15) is 17.5 Å². The maximum absolute atomic E-state index is 12.0. The normalized spacial score (nSPS) is 18.5. The zero-order valence-electron chi connectivity index (χ0n) is 14.5. The third kappa shape index (κ3) is 5.02. The smallest absolute Gasteiger partial charge is 0.410 e. The van der Waals surface area contributed by atoms with Crippen molar-refractivity contribution in [2.75, 3.05) is 19.6 Å². The molecule has 0 aromatic heterocycles. The number of fused-ring (bicyclic) bond motifs is 1. The van der Waals surface area contributed by atoms with Crippen molar-refractivity contribution in [2.45, 2.75) is 25.5 Å². The van der Waals surface area contributed by atoms with Crippen LogP contribution in [-0.4, -0.2) is 36.7 Å². The molecule has 1 saturated heterocycles. The van der Waals surface area contributed by atoms with E-state index in [4.69, 9.17) is 4.74 Å². The highest BCUT2D eigenvalue weighted by Crippen LogP contribution is 2.19. The van der Waals surface area contributed by atoms with E-state index in [-0.39, 0.29) is 12.2 Å². The second kappa shape index (κ2) is 8.76. The third-order valence-corrected chi connectivity index (χ3v) is 4.46. The van der Waals surface area contributed by atoms with Crippen LogP contribution in [0, 0.1) is 11.6 Å². The summed E-state index contributed by atoms with van der Waals surface area (Å²) in [4.78, 5) is 13.8. The first-order valence-electron chi connectivity index (χ1n) is 8.76. The predicted molar refractivity (Wildman–Crippen MR) is 94.7 cm³/mol. The number of hydrogen-bond donors (Lipinski definition) is 1. The van der Waals surface area contributed by atoms with E-state index in [9.17, 15) is 13.6 Å². The molecule has 1 unspecified atom stereocenters. The van der Waals surface area contributed by atoms with E-state index in [1.54, 1.807) is 4.90 Å². The van der Waals surface area contributed by atoms with Gasteiger partial charge in [-0.1, -0.05) is 30.3 Å². The molecule has 1 fully saturated rings. The second-order valence-electron chi connectivity index (χ2n) is 6.38. The fourth-order valence-corrected chi connectivity index (χ4v) is 3.06. The van der Waals surface area contributed by atoms with E-state index in [2.05, 4.69) is 23.5 Å². The van der Waals surface area contributed by atoms with Gasteiger partial charge >= 0.3 is 6.09 Å². The molecule has 138 valence electrons. The first-order valence-corrected chi connectivity index (χ1v) is 8.76. The van der Waals surface area contributed by atoms with Crippen LogP contribution >= 0.6 is 0 Å². The van der Waals surface area contributed by atoms with Gasteiger partial charge in [0.25, 0.3) is 0 Å². The highest BCUT2D eigenvalue weighted by molar-refractivity contribution is 5.68. The number of carbonyl (C=O) groups is 1. The number of ether oxygens (including phenoxy) is 1. The van der Waals surface area contributed by atoms with Crippen molar-refractivity contribution in [2.24, 2.45) is 0 Å². The molecule has 2 heterocycles. The van der Waals surface area contributed by atoms with E-state index in [0.717, 1.165) is 38.5 Å². The van der Waals surface area contributed by atoms with Gasteiger partial charge in [0.2, 0.25) is 0 Å². The Kier molecular flexibility index (Phi) is 6.17. The van der Waals surface area contributed by atoms with Crippen molar-refractivity contribution in [1.82, 2.24) is 10.2 Å². The minimum absolute atomic E-state index is 0.0506. The topological polar surface area (TPSA) is 41.6 Å². The molecule has 2 aliphatic heterocycles. The van der Waals surface area contributed by atoms with E-state index in [0.29, 0.717) is 6.54 Å². The summed E-state index contributed by atoms with van der Waals surface area (Å²) in [5.41, 5.74) is 2.59. The fraction of sp³-hybridized carbons (Fsp3) is 0.350. The minimum Gasteiger partial charge on any atom is -0.445 e. The van der Waals surface area contributed by atoms with E-state index in [1.807, 2.05) is 6.07 Å². The lowest BCUT2D eigenvalue weighted by Gasteiger charge is -2.29. The first-order chi connectivity index (χ1) is 12.6. The predicted octanol–water partition coefficient (Wildman–Crippen LogP) is 3.51. The molecule has 0 bridgehead atoms. The van der Waals surface area contributed by atoms with E-state index < -0.39 is 11.6 Å². The van der Waals surface area contributed by atoms with Gasteiger partial charge in [0.15, 0.2) is 0 Å². The van der Waals surface area contributed by atoms with Gasteiger partial charge < -0.3 is 15.0 Å². The monoisotopic (exact) mass is 360 g/mol. The summed E-state index contributed by atoms with van der Waals surface area (Å²) in [5.74, 6) is -1.07. The SMILES string of the molecule is Fc1cccc(F)c1.O=C(OC1CCNC1)N1CCc2ccccc2C1. The van der Waals surface area contributed by atoms with E-state index >= 15 is 0 Å². The molecule has 2 aromatic rings. The van der Waals surface area contributed by atoms with Crippen LogP contribution in [0.2, 0.25) is 0 Å². The lowest BCUT2D eigenvalue weighted by Crippen LogP contribution is -2.38. The number of rotatable bonds is 1. The number of amides is 1. The average molecular weight is 360 g/mol. The summed E-state index contributed by atoms with van der Waals surface area (Å²) in [7, 11) is 0. The number of hydrogen-bond acceptors (Lipinski definition) is 3. The van der Waals surface area contributed by atoms with Crippen LogP contribution in [0.5, 0.6) is 0 Å². The summed E-state index contributed by atoms with van der Waals surface area (Å²) in [6, 6.07) is 12.9. The summed E-state index contributed by atoms with van der Waals surface area (Å²) in [5, 5.41) is 3.20. The Morgan fingerprint density at radius 1 is 1.08 bits per heavy atom. The molecule has 1 atom stereocenters. The molecule has 2 aliphatic rings. The molecule has 6 heteroatoms. The molecule has 4 nitrogen and oxygen atoms in total.